The number of nitro benzene ring substituents is 1. The van der Waals surface area contributed by atoms with Crippen LogP contribution in [-0.2, 0) is 6.61 Å². The van der Waals surface area contributed by atoms with E-state index in [1.165, 1.54) is 23.0 Å². The molecule has 9 nitrogen and oxygen atoms in total. The first-order chi connectivity index (χ1) is 17.8. The Balaban J connectivity index is 1.70. The molecule has 1 heterocycles. The summed E-state index contributed by atoms with van der Waals surface area (Å²) in [6.45, 7) is 3.96. The van der Waals surface area contributed by atoms with Gasteiger partial charge in [-0.15, -0.1) is 0 Å². The third-order valence-corrected chi connectivity index (χ3v) is 6.40. The SMILES string of the molecule is CC[C@H](C)c1nc2ccc(Br)cc2c(=O)n1N=Cc1ccc(OCc2ccccc2C#N)c([N+](=O)[O-])c1. The summed E-state index contributed by atoms with van der Waals surface area (Å²) in [5.74, 6) is 0.521. The Bertz CT molecular complexity index is 1620. The number of rotatable bonds is 8. The second kappa shape index (κ2) is 11.1. The molecule has 3 aromatic carbocycles. The zero-order chi connectivity index (χ0) is 26.5. The van der Waals surface area contributed by atoms with E-state index in [1.807, 2.05) is 19.9 Å². The smallest absolute Gasteiger partial charge is 0.311 e. The van der Waals surface area contributed by atoms with Gasteiger partial charge < -0.3 is 4.74 Å². The van der Waals surface area contributed by atoms with Crippen LogP contribution in [-0.4, -0.2) is 20.8 Å². The van der Waals surface area contributed by atoms with Crippen LogP contribution in [0.15, 0.2) is 75.0 Å². The number of hydrogen-bond donors (Lipinski definition) is 0. The van der Waals surface area contributed by atoms with E-state index >= 15 is 0 Å². The molecule has 0 aliphatic heterocycles. The third kappa shape index (κ3) is 5.57. The van der Waals surface area contributed by atoms with Gasteiger partial charge in [0.2, 0.25) is 0 Å². The normalized spacial score (nSPS) is 11.9. The van der Waals surface area contributed by atoms with Crippen LogP contribution < -0.4 is 10.3 Å². The van der Waals surface area contributed by atoms with Crippen molar-refractivity contribution in [3.63, 3.8) is 0 Å². The Morgan fingerprint density at radius 1 is 1.24 bits per heavy atom. The van der Waals surface area contributed by atoms with Crippen LogP contribution in [0.3, 0.4) is 0 Å². The molecule has 0 saturated carbocycles. The minimum Gasteiger partial charge on any atom is -0.482 e. The molecular weight excluding hydrogens is 538 g/mol. The van der Waals surface area contributed by atoms with Crippen LogP contribution in [0.25, 0.3) is 10.9 Å². The van der Waals surface area contributed by atoms with Crippen molar-refractivity contribution in [1.82, 2.24) is 9.66 Å². The molecular formula is C27H22BrN5O4. The zero-order valence-corrected chi connectivity index (χ0v) is 21.7. The van der Waals surface area contributed by atoms with Crippen LogP contribution >= 0.6 is 15.9 Å². The summed E-state index contributed by atoms with van der Waals surface area (Å²) < 4.78 is 7.67. The molecule has 1 aromatic heterocycles. The number of halogens is 1. The van der Waals surface area contributed by atoms with Crippen molar-refractivity contribution in [3.8, 4) is 11.8 Å². The maximum Gasteiger partial charge on any atom is 0.311 e. The number of nitro groups is 1. The van der Waals surface area contributed by atoms with E-state index in [0.29, 0.717) is 33.4 Å². The Labute approximate surface area is 220 Å². The molecule has 1 atom stereocenters. The fourth-order valence-electron chi connectivity index (χ4n) is 3.69. The van der Waals surface area contributed by atoms with Gasteiger partial charge in [-0.05, 0) is 42.8 Å². The van der Waals surface area contributed by atoms with Crippen LogP contribution in [0.5, 0.6) is 5.75 Å². The summed E-state index contributed by atoms with van der Waals surface area (Å²) in [6, 6.07) is 18.7. The van der Waals surface area contributed by atoms with Crippen molar-refractivity contribution in [2.75, 3.05) is 0 Å². The number of aromatic nitrogens is 2. The monoisotopic (exact) mass is 559 g/mol. The van der Waals surface area contributed by atoms with E-state index in [0.717, 1.165) is 10.9 Å². The Hall–Kier alpha value is -4.36. The number of nitrogens with zero attached hydrogens (tertiary/aromatic N) is 5. The minimum absolute atomic E-state index is 0.00396. The Morgan fingerprint density at radius 2 is 2.03 bits per heavy atom. The van der Waals surface area contributed by atoms with Gasteiger partial charge in [0, 0.05) is 27.6 Å². The lowest BCUT2D eigenvalue weighted by Gasteiger charge is -2.14. The standard InChI is InChI=1S/C27H22BrN5O4/c1-3-17(2)26-31-23-10-9-21(28)13-22(23)27(34)32(26)30-15-18-8-11-25(24(12-18)33(35)36)37-16-20-7-5-4-6-19(20)14-29/h4-13,15,17H,3,16H2,1-2H3/t17-/m0/s1. The highest BCUT2D eigenvalue weighted by Crippen LogP contribution is 2.29. The number of fused-ring (bicyclic) bond motifs is 1. The molecule has 0 aliphatic rings. The van der Waals surface area contributed by atoms with Gasteiger partial charge in [0.05, 0.1) is 33.7 Å². The van der Waals surface area contributed by atoms with E-state index in [1.54, 1.807) is 42.5 Å². The zero-order valence-electron chi connectivity index (χ0n) is 20.1. The van der Waals surface area contributed by atoms with Crippen molar-refractivity contribution < 1.29 is 9.66 Å². The topological polar surface area (TPSA) is 123 Å². The molecule has 0 N–H and O–H groups in total. The van der Waals surface area contributed by atoms with Gasteiger partial charge >= 0.3 is 5.69 Å². The van der Waals surface area contributed by atoms with Crippen molar-refractivity contribution >= 4 is 38.7 Å². The summed E-state index contributed by atoms with van der Waals surface area (Å²) >= 11 is 3.39. The molecule has 4 rings (SSSR count). The number of ether oxygens (including phenoxy) is 1. The summed E-state index contributed by atoms with van der Waals surface area (Å²) in [5, 5.41) is 25.8. The van der Waals surface area contributed by atoms with Crippen molar-refractivity contribution in [2.24, 2.45) is 5.10 Å². The van der Waals surface area contributed by atoms with Gasteiger partial charge in [-0.25, -0.2) is 4.98 Å². The maximum atomic E-state index is 13.3. The predicted octanol–water partition coefficient (Wildman–Crippen LogP) is 5.91. The summed E-state index contributed by atoms with van der Waals surface area (Å²) in [6.07, 6.45) is 2.14. The lowest BCUT2D eigenvalue weighted by atomic mass is 10.1. The second-order valence-electron chi connectivity index (χ2n) is 8.34. The molecule has 0 aliphatic carbocycles. The number of benzene rings is 3. The van der Waals surface area contributed by atoms with Crippen molar-refractivity contribution in [2.45, 2.75) is 32.8 Å². The van der Waals surface area contributed by atoms with Gasteiger partial charge in [0.25, 0.3) is 5.56 Å². The Morgan fingerprint density at radius 3 is 2.76 bits per heavy atom. The van der Waals surface area contributed by atoms with E-state index in [-0.39, 0.29) is 29.5 Å². The first-order valence-corrected chi connectivity index (χ1v) is 12.3. The second-order valence-corrected chi connectivity index (χ2v) is 9.26. The molecule has 0 unspecified atom stereocenters. The van der Waals surface area contributed by atoms with Crippen LogP contribution in [0.2, 0.25) is 0 Å². The fourth-order valence-corrected chi connectivity index (χ4v) is 4.05. The van der Waals surface area contributed by atoms with Crippen molar-refractivity contribution in [1.29, 1.82) is 5.26 Å². The summed E-state index contributed by atoms with van der Waals surface area (Å²) in [4.78, 5) is 29.2. The van der Waals surface area contributed by atoms with E-state index in [4.69, 9.17) is 4.74 Å². The molecule has 10 heteroatoms. The predicted molar refractivity (Wildman–Crippen MR) is 144 cm³/mol. The molecule has 0 bridgehead atoms. The number of nitriles is 1. The molecule has 0 radical (unpaired) electrons. The van der Waals surface area contributed by atoms with Crippen LogP contribution in [0, 0.1) is 21.4 Å². The summed E-state index contributed by atoms with van der Waals surface area (Å²) in [7, 11) is 0. The highest BCUT2D eigenvalue weighted by Gasteiger charge is 2.18. The lowest BCUT2D eigenvalue weighted by molar-refractivity contribution is -0.385. The highest BCUT2D eigenvalue weighted by atomic mass is 79.9. The van der Waals surface area contributed by atoms with Gasteiger partial charge in [-0.2, -0.15) is 15.0 Å². The molecule has 0 spiro atoms. The van der Waals surface area contributed by atoms with Gasteiger partial charge in [-0.1, -0.05) is 48.0 Å². The average Bonchev–Trinajstić information content (AvgIpc) is 2.91. The van der Waals surface area contributed by atoms with Gasteiger partial charge in [0.15, 0.2) is 5.75 Å². The maximum absolute atomic E-state index is 13.3. The first-order valence-electron chi connectivity index (χ1n) is 11.5. The number of hydrogen-bond acceptors (Lipinski definition) is 7. The largest absolute Gasteiger partial charge is 0.482 e. The minimum atomic E-state index is -0.547. The fraction of sp³-hybridized carbons (Fsp3) is 0.185. The van der Waals surface area contributed by atoms with Crippen LogP contribution in [0.1, 0.15) is 48.7 Å². The third-order valence-electron chi connectivity index (χ3n) is 5.91. The molecule has 186 valence electrons. The first kappa shape index (κ1) is 25.7. The molecule has 37 heavy (non-hydrogen) atoms. The average molecular weight is 560 g/mol. The molecule has 0 saturated heterocycles. The quantitative estimate of drug-likeness (QED) is 0.150. The Kier molecular flexibility index (Phi) is 7.74. The molecule has 0 amide bonds. The highest BCUT2D eigenvalue weighted by molar-refractivity contribution is 9.10. The van der Waals surface area contributed by atoms with E-state index in [9.17, 15) is 20.2 Å². The van der Waals surface area contributed by atoms with Crippen LogP contribution in [0.4, 0.5) is 5.69 Å². The lowest BCUT2D eigenvalue weighted by Crippen LogP contribution is -2.23. The summed E-state index contributed by atoms with van der Waals surface area (Å²) in [5.41, 5.74) is 1.46. The van der Waals surface area contributed by atoms with Gasteiger partial charge in [0.1, 0.15) is 12.4 Å². The molecule has 0 fully saturated rings. The van der Waals surface area contributed by atoms with E-state index in [2.05, 4.69) is 32.1 Å². The van der Waals surface area contributed by atoms with Gasteiger partial charge in [-0.3, -0.25) is 14.9 Å². The van der Waals surface area contributed by atoms with Crippen molar-refractivity contribution in [3.05, 3.63) is 108 Å². The molecule has 4 aromatic rings. The van der Waals surface area contributed by atoms with E-state index < -0.39 is 4.92 Å².